The van der Waals surface area contributed by atoms with Gasteiger partial charge in [-0.3, -0.25) is 0 Å². The largest absolute Gasteiger partial charge is 0.223 e. The number of hydrogen-bond acceptors (Lipinski definition) is 4. The maximum absolute atomic E-state index is 13.9. The van der Waals surface area contributed by atoms with Gasteiger partial charge in [0.25, 0.3) is 0 Å². The molecule has 43 heavy (non-hydrogen) atoms. The molecule has 4 nitrogen and oxygen atoms in total. The average molecular weight is 623 g/mol. The molecule has 2 aliphatic carbocycles. The van der Waals surface area contributed by atoms with Gasteiger partial charge in [-0.05, 0) is 107 Å². The molecule has 0 spiro atoms. The van der Waals surface area contributed by atoms with Crippen LogP contribution in [0.25, 0.3) is 0 Å². The van der Waals surface area contributed by atoms with Crippen molar-refractivity contribution >= 4 is 19.7 Å². The van der Waals surface area contributed by atoms with Gasteiger partial charge in [-0.2, -0.15) is 0 Å². The first-order valence-corrected chi connectivity index (χ1v) is 19.0. The highest BCUT2D eigenvalue weighted by Crippen LogP contribution is 2.60. The Labute approximate surface area is 261 Å². The molecule has 2 aromatic rings. The minimum Gasteiger partial charge on any atom is -0.223 e. The van der Waals surface area contributed by atoms with Crippen molar-refractivity contribution in [3.63, 3.8) is 0 Å². The first-order valence-electron chi connectivity index (χ1n) is 15.8. The van der Waals surface area contributed by atoms with E-state index in [-0.39, 0.29) is 22.5 Å². The average Bonchev–Trinajstić information content (AvgIpc) is 2.96. The first-order chi connectivity index (χ1) is 20.2. The summed E-state index contributed by atoms with van der Waals surface area (Å²) in [6.07, 6.45) is 11.8. The van der Waals surface area contributed by atoms with E-state index in [4.69, 9.17) is 0 Å². The Bertz CT molecular complexity index is 1580. The number of fused-ring (bicyclic) bond motifs is 1. The molecule has 234 valence electrons. The van der Waals surface area contributed by atoms with Gasteiger partial charge < -0.3 is 0 Å². The van der Waals surface area contributed by atoms with E-state index < -0.39 is 24.9 Å². The Balaban J connectivity index is 1.58. The van der Waals surface area contributed by atoms with Crippen molar-refractivity contribution in [2.45, 2.75) is 108 Å². The van der Waals surface area contributed by atoms with E-state index in [1.165, 1.54) is 31.3 Å². The van der Waals surface area contributed by atoms with Crippen LogP contribution in [0.1, 0.15) is 92.9 Å². The van der Waals surface area contributed by atoms with E-state index in [2.05, 4.69) is 34.6 Å². The van der Waals surface area contributed by atoms with E-state index >= 15 is 0 Å². The topological polar surface area (TPSA) is 68.3 Å². The lowest BCUT2D eigenvalue weighted by Gasteiger charge is -2.55. The van der Waals surface area contributed by atoms with Crippen LogP contribution in [-0.2, 0) is 19.7 Å². The third-order valence-corrected chi connectivity index (χ3v) is 13.9. The monoisotopic (exact) mass is 622 g/mol. The standard InChI is InChI=1S/C37H50O4S2/c1-28(18-20-34-30(3)19-21-35-36(4,5)23-13-24-37(34,35)6)26-33(43(40,41)32-16-11-8-12-17-32)27-29(2)22-25-42(38,39)31-14-9-7-10-15-31/h7-12,14-17,22,26,33,35H,13,18-21,23-25,27H2,1-6H3/b28-26+,29-22+. The lowest BCUT2D eigenvalue weighted by atomic mass is 9.50. The molecular weight excluding hydrogens is 573 g/mol. The molecule has 0 radical (unpaired) electrons. The lowest BCUT2D eigenvalue weighted by molar-refractivity contribution is 0.0105. The van der Waals surface area contributed by atoms with Gasteiger partial charge in [0.05, 0.1) is 20.8 Å². The quantitative estimate of drug-likeness (QED) is 0.234. The number of hydrogen-bond donors (Lipinski definition) is 0. The van der Waals surface area contributed by atoms with Crippen molar-refractivity contribution in [2.24, 2.45) is 16.7 Å². The van der Waals surface area contributed by atoms with Crippen LogP contribution in [0.4, 0.5) is 0 Å². The molecule has 2 aliphatic rings. The number of benzene rings is 2. The van der Waals surface area contributed by atoms with Gasteiger partial charge in [-0.25, -0.2) is 16.8 Å². The van der Waals surface area contributed by atoms with Crippen LogP contribution in [0.15, 0.2) is 105 Å². The second-order valence-electron chi connectivity index (χ2n) is 13.9. The fourth-order valence-corrected chi connectivity index (χ4v) is 10.9. The summed E-state index contributed by atoms with van der Waals surface area (Å²) >= 11 is 0. The van der Waals surface area contributed by atoms with Crippen LogP contribution < -0.4 is 0 Å². The maximum atomic E-state index is 13.9. The molecule has 0 aromatic heterocycles. The Morgan fingerprint density at radius 2 is 1.49 bits per heavy atom. The van der Waals surface area contributed by atoms with Crippen LogP contribution in [0.2, 0.25) is 0 Å². The molecule has 3 atom stereocenters. The molecule has 1 saturated carbocycles. The summed E-state index contributed by atoms with van der Waals surface area (Å²) in [5.74, 6) is 0.524. The van der Waals surface area contributed by atoms with Crippen molar-refractivity contribution in [1.82, 2.24) is 0 Å². The van der Waals surface area contributed by atoms with Crippen molar-refractivity contribution in [3.8, 4) is 0 Å². The van der Waals surface area contributed by atoms with E-state index in [0.29, 0.717) is 16.2 Å². The van der Waals surface area contributed by atoms with Crippen LogP contribution >= 0.6 is 0 Å². The third-order valence-electron chi connectivity index (χ3n) is 10.2. The zero-order chi connectivity index (χ0) is 31.5. The Morgan fingerprint density at radius 3 is 2.12 bits per heavy atom. The molecule has 0 amide bonds. The summed E-state index contributed by atoms with van der Waals surface area (Å²) in [5, 5.41) is -0.774. The van der Waals surface area contributed by atoms with Gasteiger partial charge in [0.15, 0.2) is 19.7 Å². The summed E-state index contributed by atoms with van der Waals surface area (Å²) in [7, 11) is -7.17. The molecule has 0 heterocycles. The van der Waals surface area contributed by atoms with Crippen LogP contribution in [0.5, 0.6) is 0 Å². The Morgan fingerprint density at radius 1 is 0.884 bits per heavy atom. The van der Waals surface area contributed by atoms with Gasteiger partial charge in [-0.15, -0.1) is 0 Å². The van der Waals surface area contributed by atoms with E-state index in [9.17, 15) is 16.8 Å². The SMILES string of the molecule is CC1=C(CC/C(C)=C/C(C/C(C)=C/CS(=O)(=O)c2ccccc2)S(=O)(=O)c2ccccc2)C2(C)CCCC(C)(C)C2CC1. The van der Waals surface area contributed by atoms with Crippen molar-refractivity contribution in [2.75, 3.05) is 5.75 Å². The fourth-order valence-electron chi connectivity index (χ4n) is 7.83. The molecular formula is C37H50O4S2. The van der Waals surface area contributed by atoms with Gasteiger partial charge in [0, 0.05) is 0 Å². The first kappa shape index (κ1) is 33.5. The second-order valence-corrected chi connectivity index (χ2v) is 18.1. The van der Waals surface area contributed by atoms with Gasteiger partial charge in [0.1, 0.15) is 0 Å². The smallest absolute Gasteiger partial charge is 0.185 e. The Kier molecular flexibility index (Phi) is 10.3. The molecule has 4 rings (SSSR count). The molecule has 2 aromatic carbocycles. The van der Waals surface area contributed by atoms with Crippen molar-refractivity contribution in [3.05, 3.63) is 95.1 Å². The zero-order valence-corrected chi connectivity index (χ0v) is 28.5. The predicted octanol–water partition coefficient (Wildman–Crippen LogP) is 9.31. The number of sulfone groups is 2. The minimum absolute atomic E-state index is 0.160. The van der Waals surface area contributed by atoms with Gasteiger partial charge >= 0.3 is 0 Å². The molecule has 0 bridgehead atoms. The molecule has 0 N–H and O–H groups in total. The maximum Gasteiger partial charge on any atom is 0.185 e. The Hall–Kier alpha value is -2.44. The third kappa shape index (κ3) is 7.62. The summed E-state index contributed by atoms with van der Waals surface area (Å²) in [4.78, 5) is 0.562. The zero-order valence-electron chi connectivity index (χ0n) is 26.9. The summed E-state index contributed by atoms with van der Waals surface area (Å²) in [6.45, 7) is 13.6. The summed E-state index contributed by atoms with van der Waals surface area (Å²) in [6, 6.07) is 17.0. The number of rotatable bonds is 11. The highest BCUT2D eigenvalue weighted by atomic mass is 32.2. The highest BCUT2D eigenvalue weighted by Gasteiger charge is 2.49. The van der Waals surface area contributed by atoms with E-state index in [1.807, 2.05) is 19.1 Å². The van der Waals surface area contributed by atoms with Crippen LogP contribution in [-0.4, -0.2) is 27.8 Å². The van der Waals surface area contributed by atoms with E-state index in [0.717, 1.165) is 30.4 Å². The van der Waals surface area contributed by atoms with Crippen molar-refractivity contribution in [1.29, 1.82) is 0 Å². The number of allylic oxidation sites excluding steroid dienone is 4. The molecule has 1 fully saturated rings. The second kappa shape index (κ2) is 13.3. The summed E-state index contributed by atoms with van der Waals surface area (Å²) in [5.41, 5.74) is 5.49. The predicted molar refractivity (Wildman–Crippen MR) is 178 cm³/mol. The van der Waals surface area contributed by atoms with E-state index in [1.54, 1.807) is 66.2 Å². The van der Waals surface area contributed by atoms with Crippen molar-refractivity contribution < 1.29 is 16.8 Å². The fraction of sp³-hybridized carbons (Fsp3) is 0.514. The van der Waals surface area contributed by atoms with Gasteiger partial charge in [-0.1, -0.05) is 98.0 Å². The molecule has 0 aliphatic heterocycles. The molecule has 6 heteroatoms. The van der Waals surface area contributed by atoms with Crippen LogP contribution in [0.3, 0.4) is 0 Å². The lowest BCUT2D eigenvalue weighted by Crippen LogP contribution is -2.45. The summed E-state index contributed by atoms with van der Waals surface area (Å²) < 4.78 is 53.5. The normalized spacial score (nSPS) is 24.0. The van der Waals surface area contributed by atoms with Crippen LogP contribution in [0, 0.1) is 16.7 Å². The minimum atomic E-state index is -3.68. The highest BCUT2D eigenvalue weighted by molar-refractivity contribution is 7.92. The van der Waals surface area contributed by atoms with Gasteiger partial charge in [0.2, 0.25) is 0 Å². The molecule has 3 unspecified atom stereocenters. The molecule has 0 saturated heterocycles.